The molecule has 0 bridgehead atoms. The van der Waals surface area contributed by atoms with Crippen LogP contribution in [0.2, 0.25) is 0 Å². The topological polar surface area (TPSA) is 43.7 Å². The van der Waals surface area contributed by atoms with Crippen molar-refractivity contribution in [2.75, 3.05) is 20.6 Å². The predicted molar refractivity (Wildman–Crippen MR) is 59.0 cm³/mol. The molecule has 0 aliphatic carbocycles. The fourth-order valence-electron chi connectivity index (χ4n) is 1.67. The molecule has 3 heteroatoms. The molecular formula is C11H25NO2. The van der Waals surface area contributed by atoms with E-state index in [2.05, 4.69) is 25.9 Å². The van der Waals surface area contributed by atoms with Gasteiger partial charge in [0.25, 0.3) is 0 Å². The summed E-state index contributed by atoms with van der Waals surface area (Å²) in [5.41, 5.74) is 0. The molecule has 1 atom stereocenters. The third kappa shape index (κ3) is 8.48. The maximum atomic E-state index is 8.79. The average molecular weight is 203 g/mol. The van der Waals surface area contributed by atoms with Crippen LogP contribution in [0.4, 0.5) is 0 Å². The fourth-order valence-corrected chi connectivity index (χ4v) is 1.67. The molecule has 86 valence electrons. The molecule has 0 amide bonds. The first kappa shape index (κ1) is 13.9. The van der Waals surface area contributed by atoms with Crippen LogP contribution in [-0.2, 0) is 0 Å². The Morgan fingerprint density at radius 2 is 1.64 bits per heavy atom. The molecule has 0 spiro atoms. The maximum absolute atomic E-state index is 8.79. The van der Waals surface area contributed by atoms with E-state index < -0.39 is 6.29 Å². The lowest BCUT2D eigenvalue weighted by atomic mass is 9.94. The highest BCUT2D eigenvalue weighted by atomic mass is 16.5. The standard InChI is InChI=1S/C11H25NO2/c1-4-5-10(6-7-11(13)14)8-9-12(2)3/h10-11,13-14H,4-9H2,1-3H3. The summed E-state index contributed by atoms with van der Waals surface area (Å²) >= 11 is 0. The molecular weight excluding hydrogens is 178 g/mol. The summed E-state index contributed by atoms with van der Waals surface area (Å²) < 4.78 is 0. The second-order valence-corrected chi connectivity index (χ2v) is 4.30. The van der Waals surface area contributed by atoms with Gasteiger partial charge in [0.15, 0.2) is 6.29 Å². The van der Waals surface area contributed by atoms with Gasteiger partial charge in [-0.3, -0.25) is 0 Å². The summed E-state index contributed by atoms with van der Waals surface area (Å²) in [4.78, 5) is 2.18. The Bertz CT molecular complexity index is 114. The van der Waals surface area contributed by atoms with Gasteiger partial charge >= 0.3 is 0 Å². The molecule has 0 aromatic heterocycles. The molecule has 0 radical (unpaired) electrons. The first-order valence-corrected chi connectivity index (χ1v) is 5.57. The Morgan fingerprint density at radius 1 is 1.00 bits per heavy atom. The minimum atomic E-state index is -1.13. The number of nitrogens with zero attached hydrogens (tertiary/aromatic N) is 1. The largest absolute Gasteiger partial charge is 0.368 e. The van der Waals surface area contributed by atoms with E-state index in [1.807, 2.05) is 0 Å². The molecule has 0 aromatic rings. The SMILES string of the molecule is CCCC(CCC(O)O)CCN(C)C. The Kier molecular flexibility index (Phi) is 8.14. The highest BCUT2D eigenvalue weighted by Crippen LogP contribution is 2.18. The quantitative estimate of drug-likeness (QED) is 0.587. The zero-order valence-corrected chi connectivity index (χ0v) is 9.74. The molecule has 3 nitrogen and oxygen atoms in total. The van der Waals surface area contributed by atoms with E-state index in [1.54, 1.807) is 0 Å². The van der Waals surface area contributed by atoms with Crippen molar-refractivity contribution in [3.8, 4) is 0 Å². The van der Waals surface area contributed by atoms with Crippen molar-refractivity contribution < 1.29 is 10.2 Å². The van der Waals surface area contributed by atoms with Crippen LogP contribution in [0.5, 0.6) is 0 Å². The van der Waals surface area contributed by atoms with Crippen LogP contribution in [0, 0.1) is 5.92 Å². The maximum Gasteiger partial charge on any atom is 0.151 e. The third-order valence-electron chi connectivity index (χ3n) is 2.51. The lowest BCUT2D eigenvalue weighted by molar-refractivity contribution is -0.0493. The average Bonchev–Trinajstić information content (AvgIpc) is 2.09. The molecule has 0 saturated carbocycles. The lowest BCUT2D eigenvalue weighted by Gasteiger charge is -2.19. The van der Waals surface area contributed by atoms with Gasteiger partial charge in [0.1, 0.15) is 0 Å². The summed E-state index contributed by atoms with van der Waals surface area (Å²) in [5.74, 6) is 0.643. The van der Waals surface area contributed by atoms with E-state index in [0.29, 0.717) is 12.3 Å². The molecule has 0 aliphatic rings. The molecule has 0 saturated heterocycles. The van der Waals surface area contributed by atoms with E-state index in [1.165, 1.54) is 12.8 Å². The van der Waals surface area contributed by atoms with Crippen LogP contribution in [0.15, 0.2) is 0 Å². The van der Waals surface area contributed by atoms with Gasteiger partial charge in [-0.2, -0.15) is 0 Å². The van der Waals surface area contributed by atoms with E-state index in [9.17, 15) is 0 Å². The number of rotatable bonds is 8. The Balaban J connectivity index is 3.65. The van der Waals surface area contributed by atoms with Gasteiger partial charge in [-0.25, -0.2) is 0 Å². The number of aliphatic hydroxyl groups excluding tert-OH is 1. The van der Waals surface area contributed by atoms with E-state index in [-0.39, 0.29) is 0 Å². The van der Waals surface area contributed by atoms with Gasteiger partial charge in [0.2, 0.25) is 0 Å². The van der Waals surface area contributed by atoms with Crippen LogP contribution in [-0.4, -0.2) is 42.0 Å². The summed E-state index contributed by atoms with van der Waals surface area (Å²) in [5, 5.41) is 17.6. The van der Waals surface area contributed by atoms with Crippen molar-refractivity contribution in [2.24, 2.45) is 5.92 Å². The Hall–Kier alpha value is -0.120. The Labute approximate surface area is 87.7 Å². The van der Waals surface area contributed by atoms with Crippen molar-refractivity contribution >= 4 is 0 Å². The molecule has 0 heterocycles. The first-order valence-electron chi connectivity index (χ1n) is 5.57. The second-order valence-electron chi connectivity index (χ2n) is 4.30. The van der Waals surface area contributed by atoms with Crippen molar-refractivity contribution in [3.63, 3.8) is 0 Å². The minimum absolute atomic E-state index is 0.512. The summed E-state index contributed by atoms with van der Waals surface area (Å²) in [7, 11) is 4.15. The normalized spacial score (nSPS) is 13.9. The number of hydrogen-bond donors (Lipinski definition) is 2. The van der Waals surface area contributed by atoms with Gasteiger partial charge in [-0.15, -0.1) is 0 Å². The Morgan fingerprint density at radius 3 is 2.07 bits per heavy atom. The second kappa shape index (κ2) is 8.21. The number of hydrogen-bond acceptors (Lipinski definition) is 3. The van der Waals surface area contributed by atoms with Gasteiger partial charge in [-0.1, -0.05) is 19.8 Å². The molecule has 2 N–H and O–H groups in total. The van der Waals surface area contributed by atoms with Crippen LogP contribution in [0.1, 0.15) is 39.0 Å². The third-order valence-corrected chi connectivity index (χ3v) is 2.51. The summed E-state index contributed by atoms with van der Waals surface area (Å²) in [6, 6.07) is 0. The van der Waals surface area contributed by atoms with Crippen LogP contribution >= 0.6 is 0 Å². The highest BCUT2D eigenvalue weighted by Gasteiger charge is 2.10. The number of aliphatic hydroxyl groups is 2. The molecule has 0 aromatic carbocycles. The molecule has 0 fully saturated rings. The predicted octanol–water partition coefficient (Wildman–Crippen LogP) is 1.45. The van der Waals surface area contributed by atoms with Gasteiger partial charge < -0.3 is 15.1 Å². The van der Waals surface area contributed by atoms with E-state index in [4.69, 9.17) is 10.2 Å². The van der Waals surface area contributed by atoms with Gasteiger partial charge in [-0.05, 0) is 45.8 Å². The molecule has 0 rings (SSSR count). The van der Waals surface area contributed by atoms with Crippen molar-refractivity contribution in [2.45, 2.75) is 45.3 Å². The van der Waals surface area contributed by atoms with Crippen LogP contribution in [0.3, 0.4) is 0 Å². The van der Waals surface area contributed by atoms with Gasteiger partial charge in [0.05, 0.1) is 0 Å². The van der Waals surface area contributed by atoms with Gasteiger partial charge in [0, 0.05) is 0 Å². The van der Waals surface area contributed by atoms with E-state index in [0.717, 1.165) is 19.4 Å². The fraction of sp³-hybridized carbons (Fsp3) is 1.00. The zero-order chi connectivity index (χ0) is 11.0. The summed E-state index contributed by atoms with van der Waals surface area (Å²) in [6.07, 6.45) is 3.85. The van der Waals surface area contributed by atoms with E-state index >= 15 is 0 Å². The molecule has 0 aliphatic heterocycles. The van der Waals surface area contributed by atoms with Crippen molar-refractivity contribution in [3.05, 3.63) is 0 Å². The van der Waals surface area contributed by atoms with Crippen molar-refractivity contribution in [1.82, 2.24) is 4.90 Å². The monoisotopic (exact) mass is 203 g/mol. The van der Waals surface area contributed by atoms with Crippen LogP contribution < -0.4 is 0 Å². The minimum Gasteiger partial charge on any atom is -0.368 e. The summed E-state index contributed by atoms with van der Waals surface area (Å²) in [6.45, 7) is 3.27. The smallest absolute Gasteiger partial charge is 0.151 e. The highest BCUT2D eigenvalue weighted by molar-refractivity contribution is 4.61. The van der Waals surface area contributed by atoms with Crippen molar-refractivity contribution in [1.29, 1.82) is 0 Å². The molecule has 1 unspecified atom stereocenters. The first-order chi connectivity index (χ1) is 6.56. The van der Waals surface area contributed by atoms with Crippen LogP contribution in [0.25, 0.3) is 0 Å². The molecule has 14 heavy (non-hydrogen) atoms. The zero-order valence-electron chi connectivity index (χ0n) is 9.74. The lowest BCUT2D eigenvalue weighted by Crippen LogP contribution is -2.18.